The van der Waals surface area contributed by atoms with Gasteiger partial charge in [-0.25, -0.2) is 8.42 Å². The minimum Gasteiger partial charge on any atom is -0.457 e. The fraction of sp³-hybridized carbons (Fsp3) is 0.261. The number of amides is 1. The van der Waals surface area contributed by atoms with Crippen LogP contribution in [-0.4, -0.2) is 38.8 Å². The highest BCUT2D eigenvalue weighted by Crippen LogP contribution is 2.26. The summed E-state index contributed by atoms with van der Waals surface area (Å²) in [7, 11) is -2.11. The molecule has 1 aromatic heterocycles. The molecule has 0 bridgehead atoms. The number of rotatable bonds is 6. The Hall–Kier alpha value is -3.10. The van der Waals surface area contributed by atoms with Crippen LogP contribution in [0, 0.1) is 0 Å². The Morgan fingerprint density at radius 2 is 1.55 bits per heavy atom. The number of piperidine rings is 1. The van der Waals surface area contributed by atoms with E-state index in [-0.39, 0.29) is 10.9 Å². The standard InChI is InChI=1S/C23H24N2O5S/c1-24(18-10-12-20(13-11-18)29-19-8-4-2-5-9-19)23(26)21-14-15-22(30-21)31(27,28)25-16-6-3-7-17-25/h2,4-5,8-15H,3,6-7,16-17H2,1H3. The first kappa shape index (κ1) is 21.1. The van der Waals surface area contributed by atoms with Crippen LogP contribution in [0.15, 0.2) is 76.2 Å². The van der Waals surface area contributed by atoms with Crippen molar-refractivity contribution in [2.24, 2.45) is 0 Å². The van der Waals surface area contributed by atoms with Crippen molar-refractivity contribution in [2.75, 3.05) is 25.0 Å². The van der Waals surface area contributed by atoms with Crippen LogP contribution in [0.3, 0.4) is 0 Å². The summed E-state index contributed by atoms with van der Waals surface area (Å²) < 4.78 is 38.1. The first-order chi connectivity index (χ1) is 14.9. The molecule has 0 spiro atoms. The van der Waals surface area contributed by atoms with Crippen molar-refractivity contribution in [1.29, 1.82) is 0 Å². The number of hydrogen-bond donors (Lipinski definition) is 0. The van der Waals surface area contributed by atoms with Gasteiger partial charge in [-0.2, -0.15) is 4.31 Å². The molecule has 1 aliphatic rings. The molecular formula is C23H24N2O5S. The van der Waals surface area contributed by atoms with E-state index >= 15 is 0 Å². The van der Waals surface area contributed by atoms with Crippen LogP contribution >= 0.6 is 0 Å². The van der Waals surface area contributed by atoms with Crippen LogP contribution in [0.4, 0.5) is 5.69 Å². The predicted molar refractivity (Wildman–Crippen MR) is 117 cm³/mol. The monoisotopic (exact) mass is 440 g/mol. The predicted octanol–water partition coefficient (Wildman–Crippen LogP) is 4.52. The van der Waals surface area contributed by atoms with Gasteiger partial charge in [-0.15, -0.1) is 0 Å². The highest BCUT2D eigenvalue weighted by atomic mass is 32.2. The van der Waals surface area contributed by atoms with Crippen LogP contribution in [-0.2, 0) is 10.0 Å². The lowest BCUT2D eigenvalue weighted by atomic mass is 10.2. The van der Waals surface area contributed by atoms with E-state index in [1.54, 1.807) is 31.3 Å². The number of sulfonamides is 1. The third-order valence-electron chi connectivity index (χ3n) is 5.21. The summed E-state index contributed by atoms with van der Waals surface area (Å²) in [5.41, 5.74) is 0.627. The molecule has 0 unspecified atom stereocenters. The van der Waals surface area contributed by atoms with Gasteiger partial charge in [0.05, 0.1) is 0 Å². The lowest BCUT2D eigenvalue weighted by molar-refractivity contribution is 0.0961. The zero-order chi connectivity index (χ0) is 21.8. The van der Waals surface area contributed by atoms with Crippen LogP contribution in [0.1, 0.15) is 29.8 Å². The number of furan rings is 1. The molecule has 31 heavy (non-hydrogen) atoms. The molecule has 0 atom stereocenters. The first-order valence-corrected chi connectivity index (χ1v) is 11.6. The Balaban J connectivity index is 1.46. The highest BCUT2D eigenvalue weighted by Gasteiger charge is 2.30. The molecule has 0 saturated carbocycles. The maximum Gasteiger partial charge on any atom is 0.293 e. The van der Waals surface area contributed by atoms with Crippen molar-refractivity contribution in [3.05, 3.63) is 72.5 Å². The molecule has 0 aliphatic carbocycles. The second-order valence-electron chi connectivity index (χ2n) is 7.36. The normalized spacial score (nSPS) is 14.9. The molecule has 4 rings (SSSR count). The molecule has 0 radical (unpaired) electrons. The van der Waals surface area contributed by atoms with E-state index in [4.69, 9.17) is 9.15 Å². The zero-order valence-electron chi connectivity index (χ0n) is 17.2. The summed E-state index contributed by atoms with van der Waals surface area (Å²) in [6.45, 7) is 0.952. The molecule has 3 aromatic rings. The summed E-state index contributed by atoms with van der Waals surface area (Å²) in [5, 5.41) is -0.197. The second-order valence-corrected chi connectivity index (χ2v) is 9.23. The average molecular weight is 441 g/mol. The van der Waals surface area contributed by atoms with E-state index in [1.807, 2.05) is 30.3 Å². The largest absolute Gasteiger partial charge is 0.457 e. The van der Waals surface area contributed by atoms with Crippen LogP contribution in [0.5, 0.6) is 11.5 Å². The maximum absolute atomic E-state index is 12.8. The molecule has 1 aliphatic heterocycles. The van der Waals surface area contributed by atoms with Gasteiger partial charge in [0.25, 0.3) is 15.9 Å². The third kappa shape index (κ3) is 4.65. The molecule has 2 aromatic carbocycles. The molecule has 0 N–H and O–H groups in total. The fourth-order valence-corrected chi connectivity index (χ4v) is 4.88. The van der Waals surface area contributed by atoms with Crippen molar-refractivity contribution >= 4 is 21.6 Å². The van der Waals surface area contributed by atoms with Crippen LogP contribution < -0.4 is 9.64 Å². The minimum absolute atomic E-state index is 0.0253. The van der Waals surface area contributed by atoms with Gasteiger partial charge in [-0.1, -0.05) is 24.6 Å². The van der Waals surface area contributed by atoms with Crippen molar-refractivity contribution in [3.8, 4) is 11.5 Å². The van der Waals surface area contributed by atoms with E-state index in [2.05, 4.69) is 0 Å². The van der Waals surface area contributed by atoms with Gasteiger partial charge >= 0.3 is 0 Å². The average Bonchev–Trinajstić information content (AvgIpc) is 3.31. The molecular weight excluding hydrogens is 416 g/mol. The molecule has 2 heterocycles. The smallest absolute Gasteiger partial charge is 0.293 e. The number of ether oxygens (including phenoxy) is 1. The van der Waals surface area contributed by atoms with Gasteiger partial charge in [-0.05, 0) is 61.4 Å². The van der Waals surface area contributed by atoms with Crippen molar-refractivity contribution in [2.45, 2.75) is 24.4 Å². The SMILES string of the molecule is CN(C(=O)c1ccc(S(=O)(=O)N2CCCCC2)o1)c1ccc(Oc2ccccc2)cc1. The molecule has 1 amide bonds. The summed E-state index contributed by atoms with van der Waals surface area (Å²) in [4.78, 5) is 14.2. The molecule has 162 valence electrons. The molecule has 8 heteroatoms. The number of para-hydroxylation sites is 1. The van der Waals surface area contributed by atoms with Gasteiger partial charge in [0.1, 0.15) is 11.5 Å². The number of benzene rings is 2. The number of nitrogens with zero attached hydrogens (tertiary/aromatic N) is 2. The zero-order valence-corrected chi connectivity index (χ0v) is 18.0. The van der Waals surface area contributed by atoms with E-state index < -0.39 is 15.9 Å². The van der Waals surface area contributed by atoms with Crippen molar-refractivity contribution in [1.82, 2.24) is 4.31 Å². The van der Waals surface area contributed by atoms with Crippen LogP contribution in [0.2, 0.25) is 0 Å². The van der Waals surface area contributed by atoms with Crippen molar-refractivity contribution < 1.29 is 22.4 Å². The second kappa shape index (κ2) is 8.95. The lowest BCUT2D eigenvalue weighted by Gasteiger charge is -2.24. The van der Waals surface area contributed by atoms with Gasteiger partial charge < -0.3 is 14.1 Å². The Labute approximate surface area is 181 Å². The lowest BCUT2D eigenvalue weighted by Crippen LogP contribution is -2.35. The number of carbonyl (C=O) groups is 1. The number of carbonyl (C=O) groups excluding carboxylic acids is 1. The molecule has 1 fully saturated rings. The molecule has 1 saturated heterocycles. The fourth-order valence-electron chi connectivity index (χ4n) is 3.45. The molecule has 7 nitrogen and oxygen atoms in total. The van der Waals surface area contributed by atoms with Gasteiger partial charge in [0.15, 0.2) is 5.76 Å². The third-order valence-corrected chi connectivity index (χ3v) is 6.98. The van der Waals surface area contributed by atoms with E-state index in [9.17, 15) is 13.2 Å². The van der Waals surface area contributed by atoms with Gasteiger partial charge in [0, 0.05) is 25.8 Å². The Bertz CT molecular complexity index is 1130. The number of anilines is 1. The summed E-state index contributed by atoms with van der Waals surface area (Å²) >= 11 is 0. The first-order valence-electron chi connectivity index (χ1n) is 10.2. The quantitative estimate of drug-likeness (QED) is 0.563. The Morgan fingerprint density at radius 3 is 2.23 bits per heavy atom. The summed E-state index contributed by atoms with van der Waals surface area (Å²) in [6.07, 6.45) is 2.69. The van der Waals surface area contributed by atoms with Gasteiger partial charge in [0.2, 0.25) is 5.09 Å². The maximum atomic E-state index is 12.8. The summed E-state index contributed by atoms with van der Waals surface area (Å²) in [6, 6.07) is 19.2. The van der Waals surface area contributed by atoms with Gasteiger partial charge in [-0.3, -0.25) is 4.79 Å². The minimum atomic E-state index is -3.72. The van der Waals surface area contributed by atoms with E-state index in [0.29, 0.717) is 24.5 Å². The number of hydrogen-bond acceptors (Lipinski definition) is 5. The Kier molecular flexibility index (Phi) is 6.11. The van der Waals surface area contributed by atoms with E-state index in [0.717, 1.165) is 25.0 Å². The van der Waals surface area contributed by atoms with E-state index in [1.165, 1.54) is 21.3 Å². The topological polar surface area (TPSA) is 80.1 Å². The summed E-state index contributed by atoms with van der Waals surface area (Å²) in [5.74, 6) is 0.904. The van der Waals surface area contributed by atoms with Crippen molar-refractivity contribution in [3.63, 3.8) is 0 Å². The highest BCUT2D eigenvalue weighted by molar-refractivity contribution is 7.89. The Morgan fingerprint density at radius 1 is 0.903 bits per heavy atom. The van der Waals surface area contributed by atoms with Crippen LogP contribution in [0.25, 0.3) is 0 Å².